The van der Waals surface area contributed by atoms with Gasteiger partial charge in [-0.25, -0.2) is 9.59 Å². The van der Waals surface area contributed by atoms with Crippen molar-refractivity contribution in [2.45, 2.75) is 70.5 Å². The number of hydrogen-bond donors (Lipinski definition) is 1. The van der Waals surface area contributed by atoms with E-state index in [1.54, 1.807) is 0 Å². The van der Waals surface area contributed by atoms with Crippen LogP contribution in [0.5, 0.6) is 0 Å². The minimum Gasteiger partial charge on any atom is -0.467 e. The predicted molar refractivity (Wildman–Crippen MR) is 106 cm³/mol. The van der Waals surface area contributed by atoms with Crippen LogP contribution in [0.15, 0.2) is 0 Å². The first-order chi connectivity index (χ1) is 12.8. The molecule has 0 aromatic carbocycles. The van der Waals surface area contributed by atoms with E-state index in [0.717, 1.165) is 6.42 Å². The molecule has 0 aromatic heterocycles. The molecule has 160 valence electrons. The zero-order valence-corrected chi connectivity index (χ0v) is 18.3. The molecule has 0 radical (unpaired) electrons. The summed E-state index contributed by atoms with van der Waals surface area (Å²) in [5.41, 5.74) is -1.24. The number of rotatable bonds is 7. The van der Waals surface area contributed by atoms with E-state index in [1.165, 1.54) is 12.0 Å². The number of carboxylic acid groups (broad SMARTS) is 1. The summed E-state index contributed by atoms with van der Waals surface area (Å²) in [6, 6.07) is -0.796. The van der Waals surface area contributed by atoms with E-state index in [0.29, 0.717) is 32.3 Å². The Hall–Kier alpha value is -1.32. The van der Waals surface area contributed by atoms with Gasteiger partial charge in [0.2, 0.25) is 0 Å². The van der Waals surface area contributed by atoms with Gasteiger partial charge >= 0.3 is 19.2 Å². The maximum Gasteiger partial charge on any atom is 0.457 e. The third-order valence-electron chi connectivity index (χ3n) is 6.46. The Balaban J connectivity index is 2.13. The van der Waals surface area contributed by atoms with Crippen molar-refractivity contribution >= 4 is 19.2 Å². The lowest BCUT2D eigenvalue weighted by Crippen LogP contribution is -2.51. The van der Waals surface area contributed by atoms with Crippen LogP contribution < -0.4 is 0 Å². The Morgan fingerprint density at radius 1 is 1.21 bits per heavy atom. The molecule has 1 amide bonds. The molecule has 8 nitrogen and oxygen atoms in total. The van der Waals surface area contributed by atoms with E-state index in [1.807, 2.05) is 46.7 Å². The van der Waals surface area contributed by atoms with E-state index in [2.05, 4.69) is 0 Å². The SMILES string of the molecule is COC(=O)C1N(C(=O)O)CCC1(CCCB1OC(C)(C)C(C)(C)O1)CN(C)C. The second kappa shape index (κ2) is 8.20. The summed E-state index contributed by atoms with van der Waals surface area (Å²) in [5.74, 6) is -0.489. The van der Waals surface area contributed by atoms with Gasteiger partial charge in [-0.2, -0.15) is 0 Å². The van der Waals surface area contributed by atoms with Gasteiger partial charge in [0.25, 0.3) is 0 Å². The lowest BCUT2D eigenvalue weighted by molar-refractivity contribution is -0.149. The zero-order valence-electron chi connectivity index (χ0n) is 18.3. The number of esters is 1. The minimum absolute atomic E-state index is 0.296. The third-order valence-corrected chi connectivity index (χ3v) is 6.46. The molecule has 2 aliphatic rings. The number of ether oxygens (including phenoxy) is 1. The summed E-state index contributed by atoms with van der Waals surface area (Å²) in [6.45, 7) is 9.04. The summed E-state index contributed by atoms with van der Waals surface area (Å²) in [5, 5.41) is 9.57. The normalized spacial score (nSPS) is 28.8. The van der Waals surface area contributed by atoms with Crippen molar-refractivity contribution in [2.24, 2.45) is 5.41 Å². The molecular formula is C19H35BN2O6. The van der Waals surface area contributed by atoms with Crippen molar-refractivity contribution in [1.82, 2.24) is 9.80 Å². The van der Waals surface area contributed by atoms with Crippen LogP contribution in [-0.4, -0.2) is 85.6 Å². The van der Waals surface area contributed by atoms with E-state index < -0.39 is 23.5 Å². The maximum absolute atomic E-state index is 12.5. The summed E-state index contributed by atoms with van der Waals surface area (Å²) in [4.78, 5) is 27.5. The van der Waals surface area contributed by atoms with Gasteiger partial charge in [-0.1, -0.05) is 6.42 Å². The van der Waals surface area contributed by atoms with Crippen LogP contribution in [-0.2, 0) is 18.8 Å². The van der Waals surface area contributed by atoms with Crippen molar-refractivity contribution in [2.75, 3.05) is 34.3 Å². The largest absolute Gasteiger partial charge is 0.467 e. The van der Waals surface area contributed by atoms with Gasteiger partial charge in [0.15, 0.2) is 0 Å². The minimum atomic E-state index is -1.08. The molecule has 2 unspecified atom stereocenters. The standard InChI is InChI=1S/C19H35BN2O6/c1-17(2)18(3,4)28-20(27-17)11-8-9-19(13-21(5)6)10-12-22(16(24)25)14(19)15(23)26-7/h14H,8-13H2,1-7H3,(H,24,25). The number of likely N-dealkylation sites (tertiary alicyclic amines) is 1. The number of nitrogens with zero attached hydrogens (tertiary/aromatic N) is 2. The lowest BCUT2D eigenvalue weighted by atomic mass is 9.72. The van der Waals surface area contributed by atoms with E-state index in [4.69, 9.17) is 14.0 Å². The number of carbonyl (C=O) groups is 2. The second-order valence-electron chi connectivity index (χ2n) is 9.33. The summed E-state index contributed by atoms with van der Waals surface area (Å²) < 4.78 is 17.1. The van der Waals surface area contributed by atoms with E-state index in [9.17, 15) is 14.7 Å². The molecule has 2 rings (SSSR count). The molecular weight excluding hydrogens is 363 g/mol. The fourth-order valence-corrected chi connectivity index (χ4v) is 4.47. The summed E-state index contributed by atoms with van der Waals surface area (Å²) in [7, 11) is 4.89. The Morgan fingerprint density at radius 2 is 1.79 bits per heavy atom. The first-order valence-electron chi connectivity index (χ1n) is 9.93. The van der Waals surface area contributed by atoms with Crippen LogP contribution in [0.2, 0.25) is 6.32 Å². The molecule has 0 bridgehead atoms. The fourth-order valence-electron chi connectivity index (χ4n) is 4.47. The molecule has 2 atom stereocenters. The third kappa shape index (κ3) is 4.47. The number of carbonyl (C=O) groups excluding carboxylic acids is 1. The van der Waals surface area contributed by atoms with Gasteiger partial charge in [0.05, 0.1) is 18.3 Å². The first kappa shape index (κ1) is 23.0. The van der Waals surface area contributed by atoms with E-state index >= 15 is 0 Å². The molecule has 0 aromatic rings. The Morgan fingerprint density at radius 3 is 2.25 bits per heavy atom. The highest BCUT2D eigenvalue weighted by Gasteiger charge is 2.54. The zero-order chi connectivity index (χ0) is 21.3. The molecule has 28 heavy (non-hydrogen) atoms. The van der Waals surface area contributed by atoms with Gasteiger partial charge < -0.3 is 24.1 Å². The quantitative estimate of drug-likeness (QED) is 0.520. The number of hydrogen-bond acceptors (Lipinski definition) is 6. The molecule has 9 heteroatoms. The average Bonchev–Trinajstić information content (AvgIpc) is 3.00. The predicted octanol–water partition coefficient (Wildman–Crippen LogP) is 2.33. The van der Waals surface area contributed by atoms with Crippen molar-refractivity contribution in [3.8, 4) is 0 Å². The maximum atomic E-state index is 12.5. The monoisotopic (exact) mass is 398 g/mol. The van der Waals surface area contributed by atoms with E-state index in [-0.39, 0.29) is 18.3 Å². The number of methoxy groups -OCH3 is 1. The highest BCUT2D eigenvalue weighted by atomic mass is 16.7. The van der Waals surface area contributed by atoms with Crippen LogP contribution in [0.4, 0.5) is 4.79 Å². The smallest absolute Gasteiger partial charge is 0.457 e. The Labute approximate surface area is 168 Å². The van der Waals surface area contributed by atoms with Crippen molar-refractivity contribution in [3.63, 3.8) is 0 Å². The van der Waals surface area contributed by atoms with Crippen LogP contribution in [0, 0.1) is 5.41 Å². The number of amides is 1. The lowest BCUT2D eigenvalue weighted by Gasteiger charge is -2.37. The van der Waals surface area contributed by atoms with Crippen molar-refractivity contribution in [1.29, 1.82) is 0 Å². The molecule has 0 spiro atoms. The van der Waals surface area contributed by atoms with Crippen LogP contribution in [0.1, 0.15) is 47.0 Å². The van der Waals surface area contributed by atoms with Gasteiger partial charge in [0, 0.05) is 18.5 Å². The molecule has 1 N–H and O–H groups in total. The Bertz CT molecular complexity index is 581. The first-order valence-corrected chi connectivity index (χ1v) is 9.93. The van der Waals surface area contributed by atoms with Gasteiger partial charge in [-0.3, -0.25) is 4.90 Å². The molecule has 2 heterocycles. The molecule has 2 aliphatic heterocycles. The summed E-state index contributed by atoms with van der Waals surface area (Å²) in [6.07, 6.45) is 1.70. The molecule has 2 fully saturated rings. The second-order valence-corrected chi connectivity index (χ2v) is 9.33. The topological polar surface area (TPSA) is 88.5 Å². The molecule has 0 aliphatic carbocycles. The van der Waals surface area contributed by atoms with Crippen molar-refractivity contribution in [3.05, 3.63) is 0 Å². The summed E-state index contributed by atoms with van der Waals surface area (Å²) >= 11 is 0. The molecule has 2 saturated heterocycles. The highest BCUT2D eigenvalue weighted by Crippen LogP contribution is 2.44. The van der Waals surface area contributed by atoms with Gasteiger partial charge in [-0.15, -0.1) is 0 Å². The van der Waals surface area contributed by atoms with Gasteiger partial charge in [0.1, 0.15) is 6.04 Å². The van der Waals surface area contributed by atoms with Crippen molar-refractivity contribution < 1.29 is 28.7 Å². The van der Waals surface area contributed by atoms with Gasteiger partial charge in [-0.05, 0) is 61.0 Å². The highest BCUT2D eigenvalue weighted by molar-refractivity contribution is 6.45. The average molecular weight is 398 g/mol. The fraction of sp³-hybridized carbons (Fsp3) is 0.895. The van der Waals surface area contributed by atoms with Crippen LogP contribution in [0.25, 0.3) is 0 Å². The van der Waals surface area contributed by atoms with Crippen LogP contribution >= 0.6 is 0 Å². The Kier molecular flexibility index (Phi) is 6.73. The van der Waals surface area contributed by atoms with Crippen LogP contribution in [0.3, 0.4) is 0 Å². The molecule has 0 saturated carbocycles.